The molecule has 2 aromatic rings. The molecule has 0 spiro atoms. The molecule has 2 N–H and O–H groups in total. The minimum absolute atomic E-state index is 0.0141. The van der Waals surface area contributed by atoms with Crippen LogP contribution in [0.5, 0.6) is 0 Å². The summed E-state index contributed by atoms with van der Waals surface area (Å²) in [7, 11) is 0. The number of amides is 1. The number of rotatable bonds is 6. The third-order valence-electron chi connectivity index (χ3n) is 5.83. The summed E-state index contributed by atoms with van der Waals surface area (Å²) in [6, 6.07) is 14.5. The molecular formula is C24H30N4O. The van der Waals surface area contributed by atoms with Gasteiger partial charge in [0, 0.05) is 44.0 Å². The quantitative estimate of drug-likeness (QED) is 0.736. The van der Waals surface area contributed by atoms with Gasteiger partial charge in [-0.25, -0.2) is 4.98 Å². The van der Waals surface area contributed by atoms with Crippen LogP contribution in [0.2, 0.25) is 0 Å². The van der Waals surface area contributed by atoms with E-state index in [0.29, 0.717) is 12.1 Å². The van der Waals surface area contributed by atoms with Crippen LogP contribution < -0.4 is 15.5 Å². The maximum Gasteiger partial charge on any atom is 0.251 e. The predicted molar refractivity (Wildman–Crippen MR) is 117 cm³/mol. The number of piperazine rings is 1. The minimum atomic E-state index is -0.0141. The largest absolute Gasteiger partial charge is 0.353 e. The molecule has 0 bridgehead atoms. The normalized spacial score (nSPS) is 19.5. The van der Waals surface area contributed by atoms with Crippen LogP contribution in [-0.2, 0) is 0 Å². The van der Waals surface area contributed by atoms with Crippen LogP contribution in [0.25, 0.3) is 0 Å². The number of nitrogens with zero attached hydrogens (tertiary/aromatic N) is 2. The van der Waals surface area contributed by atoms with Crippen molar-refractivity contribution in [2.75, 3.05) is 31.1 Å². The zero-order valence-corrected chi connectivity index (χ0v) is 16.9. The van der Waals surface area contributed by atoms with E-state index in [2.05, 4.69) is 50.9 Å². The number of nitrogens with one attached hydrogen (secondary N) is 2. The van der Waals surface area contributed by atoms with Gasteiger partial charge in [-0.2, -0.15) is 0 Å². The molecule has 1 fully saturated rings. The summed E-state index contributed by atoms with van der Waals surface area (Å²) in [4.78, 5) is 19.4. The maximum absolute atomic E-state index is 12.6. The molecule has 152 valence electrons. The number of carbonyl (C=O) groups excluding carboxylic acids is 1. The molecule has 2 heterocycles. The van der Waals surface area contributed by atoms with E-state index in [9.17, 15) is 4.79 Å². The molecule has 1 saturated heterocycles. The lowest BCUT2D eigenvalue weighted by atomic mass is 9.97. The second-order valence-electron chi connectivity index (χ2n) is 7.88. The van der Waals surface area contributed by atoms with E-state index in [0.717, 1.165) is 31.9 Å². The van der Waals surface area contributed by atoms with Crippen molar-refractivity contribution < 1.29 is 4.79 Å². The summed E-state index contributed by atoms with van der Waals surface area (Å²) in [5, 5.41) is 6.65. The van der Waals surface area contributed by atoms with Crippen molar-refractivity contribution in [1.82, 2.24) is 15.6 Å². The number of hydrogen-bond donors (Lipinski definition) is 2. The van der Waals surface area contributed by atoms with Crippen molar-refractivity contribution in [3.05, 3.63) is 71.4 Å². The third-order valence-corrected chi connectivity index (χ3v) is 5.83. The Labute approximate surface area is 173 Å². The van der Waals surface area contributed by atoms with E-state index < -0.39 is 0 Å². The number of allylic oxidation sites excluding steroid dienone is 1. The van der Waals surface area contributed by atoms with Gasteiger partial charge in [0.05, 0.1) is 0 Å². The molecule has 5 heteroatoms. The molecule has 1 aromatic carbocycles. The van der Waals surface area contributed by atoms with Crippen LogP contribution >= 0.6 is 0 Å². The molecule has 4 rings (SSSR count). The SMILES string of the molecule is O=C(NCCC1=CCCCC1)c1ccnc(N2CCNC(c3ccccc3)C2)c1. The maximum atomic E-state index is 12.6. The fourth-order valence-electron chi connectivity index (χ4n) is 4.17. The monoisotopic (exact) mass is 390 g/mol. The number of hydrogen-bond acceptors (Lipinski definition) is 4. The molecule has 0 radical (unpaired) electrons. The summed E-state index contributed by atoms with van der Waals surface area (Å²) in [5.74, 6) is 0.856. The van der Waals surface area contributed by atoms with E-state index in [1.54, 1.807) is 12.3 Å². The molecule has 5 nitrogen and oxygen atoms in total. The van der Waals surface area contributed by atoms with Gasteiger partial charge in [0.15, 0.2) is 0 Å². The lowest BCUT2D eigenvalue weighted by molar-refractivity contribution is 0.0954. The van der Waals surface area contributed by atoms with Gasteiger partial charge >= 0.3 is 0 Å². The smallest absolute Gasteiger partial charge is 0.251 e. The molecule has 1 aliphatic carbocycles. The molecule has 29 heavy (non-hydrogen) atoms. The fourth-order valence-corrected chi connectivity index (χ4v) is 4.17. The Kier molecular flexibility index (Phi) is 6.57. The van der Waals surface area contributed by atoms with Crippen molar-refractivity contribution in [3.8, 4) is 0 Å². The summed E-state index contributed by atoms with van der Waals surface area (Å²) < 4.78 is 0. The average molecular weight is 391 g/mol. The first-order valence-electron chi connectivity index (χ1n) is 10.7. The van der Waals surface area contributed by atoms with Crippen LogP contribution in [-0.4, -0.2) is 37.1 Å². The first-order valence-corrected chi connectivity index (χ1v) is 10.7. The van der Waals surface area contributed by atoms with Gasteiger partial charge in [0.25, 0.3) is 5.91 Å². The third kappa shape index (κ3) is 5.24. The number of aromatic nitrogens is 1. The van der Waals surface area contributed by atoms with Gasteiger partial charge in [-0.05, 0) is 49.8 Å². The topological polar surface area (TPSA) is 57.3 Å². The first-order chi connectivity index (χ1) is 14.3. The van der Waals surface area contributed by atoms with Gasteiger partial charge in [-0.1, -0.05) is 42.0 Å². The van der Waals surface area contributed by atoms with Crippen molar-refractivity contribution in [2.24, 2.45) is 0 Å². The Balaban J connectivity index is 1.36. The Bertz CT molecular complexity index is 849. The summed E-state index contributed by atoms with van der Waals surface area (Å²) >= 11 is 0. The lowest BCUT2D eigenvalue weighted by Gasteiger charge is -2.34. The van der Waals surface area contributed by atoms with E-state index in [1.807, 2.05) is 12.1 Å². The van der Waals surface area contributed by atoms with Crippen molar-refractivity contribution >= 4 is 11.7 Å². The highest BCUT2D eigenvalue weighted by Crippen LogP contribution is 2.22. The Hall–Kier alpha value is -2.66. The van der Waals surface area contributed by atoms with E-state index in [1.165, 1.54) is 36.8 Å². The number of anilines is 1. The Morgan fingerprint density at radius 1 is 1.21 bits per heavy atom. The average Bonchev–Trinajstić information content (AvgIpc) is 2.80. The Morgan fingerprint density at radius 3 is 2.93 bits per heavy atom. The van der Waals surface area contributed by atoms with Crippen molar-refractivity contribution in [2.45, 2.75) is 38.1 Å². The van der Waals surface area contributed by atoms with Gasteiger partial charge in [-0.3, -0.25) is 4.79 Å². The number of pyridine rings is 1. The van der Waals surface area contributed by atoms with Crippen LogP contribution in [0.15, 0.2) is 60.3 Å². The summed E-state index contributed by atoms with van der Waals surface area (Å²) in [5.41, 5.74) is 3.45. The highest BCUT2D eigenvalue weighted by atomic mass is 16.1. The molecular weight excluding hydrogens is 360 g/mol. The van der Waals surface area contributed by atoms with Crippen LogP contribution in [0, 0.1) is 0 Å². The van der Waals surface area contributed by atoms with Gasteiger partial charge in [0.2, 0.25) is 0 Å². The Morgan fingerprint density at radius 2 is 2.10 bits per heavy atom. The zero-order chi connectivity index (χ0) is 19.9. The second kappa shape index (κ2) is 9.70. The van der Waals surface area contributed by atoms with Gasteiger partial charge < -0.3 is 15.5 Å². The van der Waals surface area contributed by atoms with E-state index in [4.69, 9.17) is 0 Å². The minimum Gasteiger partial charge on any atom is -0.353 e. The lowest BCUT2D eigenvalue weighted by Crippen LogP contribution is -2.46. The van der Waals surface area contributed by atoms with Crippen LogP contribution in [0.1, 0.15) is 54.1 Å². The fraction of sp³-hybridized carbons (Fsp3) is 0.417. The number of benzene rings is 1. The first kappa shape index (κ1) is 19.6. The summed E-state index contributed by atoms with van der Waals surface area (Å²) in [6.07, 6.45) is 9.99. The van der Waals surface area contributed by atoms with Gasteiger partial charge in [-0.15, -0.1) is 0 Å². The van der Waals surface area contributed by atoms with E-state index in [-0.39, 0.29) is 11.9 Å². The molecule has 2 aliphatic rings. The highest BCUT2D eigenvalue weighted by molar-refractivity contribution is 5.94. The van der Waals surface area contributed by atoms with Crippen molar-refractivity contribution in [1.29, 1.82) is 0 Å². The van der Waals surface area contributed by atoms with Crippen molar-refractivity contribution in [3.63, 3.8) is 0 Å². The molecule has 1 atom stereocenters. The predicted octanol–water partition coefficient (Wildman–Crippen LogP) is 3.85. The molecule has 1 unspecified atom stereocenters. The van der Waals surface area contributed by atoms with E-state index >= 15 is 0 Å². The number of carbonyl (C=O) groups is 1. The summed E-state index contributed by atoms with van der Waals surface area (Å²) in [6.45, 7) is 3.32. The van der Waals surface area contributed by atoms with Crippen LogP contribution in [0.4, 0.5) is 5.82 Å². The van der Waals surface area contributed by atoms with Gasteiger partial charge in [0.1, 0.15) is 5.82 Å². The zero-order valence-electron chi connectivity index (χ0n) is 16.9. The van der Waals surface area contributed by atoms with Crippen LogP contribution in [0.3, 0.4) is 0 Å². The second-order valence-corrected chi connectivity index (χ2v) is 7.88. The standard InChI is InChI=1S/C24H30N4O/c29-24(27-13-11-19-7-3-1-4-8-19)21-12-14-26-23(17-21)28-16-15-25-22(18-28)20-9-5-2-6-10-20/h2,5-7,9-10,12,14,17,22,25H,1,3-4,8,11,13,15-16,18H2,(H,27,29). The molecule has 1 aliphatic heterocycles. The molecule has 1 aromatic heterocycles. The molecule has 1 amide bonds. The highest BCUT2D eigenvalue weighted by Gasteiger charge is 2.22. The molecule has 0 saturated carbocycles.